The van der Waals surface area contributed by atoms with E-state index in [1.165, 1.54) is 0 Å². The lowest BCUT2D eigenvalue weighted by molar-refractivity contribution is 0.242. The summed E-state index contributed by atoms with van der Waals surface area (Å²) in [6.45, 7) is 6.13. The average Bonchev–Trinajstić information content (AvgIpc) is 2.46. The van der Waals surface area contributed by atoms with Crippen LogP contribution in [0.25, 0.3) is 0 Å². The van der Waals surface area contributed by atoms with Crippen molar-refractivity contribution in [3.63, 3.8) is 0 Å². The van der Waals surface area contributed by atoms with Crippen molar-refractivity contribution < 1.29 is 4.74 Å². The van der Waals surface area contributed by atoms with E-state index in [2.05, 4.69) is 11.9 Å². The van der Waals surface area contributed by atoms with Gasteiger partial charge in [-0.2, -0.15) is 0 Å². The van der Waals surface area contributed by atoms with Crippen molar-refractivity contribution in [3.8, 4) is 5.75 Å². The number of nitrogens with two attached hydrogens (primary N) is 1. The molecule has 0 aliphatic carbocycles. The highest BCUT2D eigenvalue weighted by Gasteiger charge is 2.18. The molecule has 0 bridgehead atoms. The zero-order valence-corrected chi connectivity index (χ0v) is 12.3. The maximum Gasteiger partial charge on any atom is 0.120 e. The van der Waals surface area contributed by atoms with Gasteiger partial charge in [0, 0.05) is 23.9 Å². The van der Waals surface area contributed by atoms with Crippen molar-refractivity contribution in [2.45, 2.75) is 38.8 Å². The fourth-order valence-corrected chi connectivity index (χ4v) is 2.19. The summed E-state index contributed by atoms with van der Waals surface area (Å²) in [7, 11) is 0. The van der Waals surface area contributed by atoms with Gasteiger partial charge < -0.3 is 10.5 Å². The maximum absolute atomic E-state index is 6.37. The Morgan fingerprint density at radius 3 is 2.50 bits per heavy atom. The van der Waals surface area contributed by atoms with Crippen LogP contribution in [0.5, 0.6) is 5.75 Å². The average molecular weight is 270 g/mol. The lowest BCUT2D eigenvalue weighted by atomic mass is 9.92. The SMILES string of the molecule is CC(C)Oc1cccc(C(N)C(C)c2ccccn2)c1. The molecule has 0 aliphatic rings. The first-order valence-corrected chi connectivity index (χ1v) is 7.01. The van der Waals surface area contributed by atoms with E-state index >= 15 is 0 Å². The largest absolute Gasteiger partial charge is 0.491 e. The monoisotopic (exact) mass is 270 g/mol. The normalized spacial score (nSPS) is 14.1. The number of benzene rings is 1. The van der Waals surface area contributed by atoms with E-state index in [0.717, 1.165) is 17.0 Å². The van der Waals surface area contributed by atoms with E-state index < -0.39 is 0 Å². The lowest BCUT2D eigenvalue weighted by Gasteiger charge is -2.21. The maximum atomic E-state index is 6.37. The first-order chi connectivity index (χ1) is 9.58. The van der Waals surface area contributed by atoms with E-state index in [-0.39, 0.29) is 18.1 Å². The molecule has 1 heterocycles. The van der Waals surface area contributed by atoms with Crippen LogP contribution in [0.3, 0.4) is 0 Å². The Labute approximate surface area is 120 Å². The Bertz CT molecular complexity index is 540. The quantitative estimate of drug-likeness (QED) is 0.901. The summed E-state index contributed by atoms with van der Waals surface area (Å²) in [5.41, 5.74) is 8.45. The molecule has 106 valence electrons. The van der Waals surface area contributed by atoms with E-state index in [4.69, 9.17) is 10.5 Å². The summed E-state index contributed by atoms with van der Waals surface area (Å²) in [5, 5.41) is 0. The van der Waals surface area contributed by atoms with Gasteiger partial charge in [0.05, 0.1) is 6.10 Å². The van der Waals surface area contributed by atoms with Crippen LogP contribution in [-0.2, 0) is 0 Å². The molecule has 2 aromatic rings. The van der Waals surface area contributed by atoms with Gasteiger partial charge in [-0.05, 0) is 43.7 Å². The Morgan fingerprint density at radius 2 is 1.85 bits per heavy atom. The molecule has 0 aliphatic heterocycles. The van der Waals surface area contributed by atoms with E-state index in [9.17, 15) is 0 Å². The van der Waals surface area contributed by atoms with E-state index in [1.54, 1.807) is 6.20 Å². The van der Waals surface area contributed by atoms with Crippen molar-refractivity contribution in [3.05, 3.63) is 59.9 Å². The van der Waals surface area contributed by atoms with Crippen LogP contribution in [0.15, 0.2) is 48.7 Å². The van der Waals surface area contributed by atoms with Gasteiger partial charge in [-0.1, -0.05) is 25.1 Å². The third-order valence-electron chi connectivity index (χ3n) is 3.31. The van der Waals surface area contributed by atoms with Gasteiger partial charge >= 0.3 is 0 Å². The smallest absolute Gasteiger partial charge is 0.120 e. The molecule has 2 N–H and O–H groups in total. The van der Waals surface area contributed by atoms with Gasteiger partial charge in [-0.3, -0.25) is 4.98 Å². The molecule has 0 saturated heterocycles. The number of hydrogen-bond donors (Lipinski definition) is 1. The van der Waals surface area contributed by atoms with Gasteiger partial charge in [0.1, 0.15) is 5.75 Å². The molecule has 0 fully saturated rings. The molecule has 2 atom stereocenters. The second-order valence-electron chi connectivity index (χ2n) is 5.31. The van der Waals surface area contributed by atoms with Crippen molar-refractivity contribution in [1.29, 1.82) is 0 Å². The highest BCUT2D eigenvalue weighted by Crippen LogP contribution is 2.29. The molecule has 0 amide bonds. The number of pyridine rings is 1. The van der Waals surface area contributed by atoms with E-state index in [0.29, 0.717) is 0 Å². The molecule has 3 nitrogen and oxygen atoms in total. The summed E-state index contributed by atoms with van der Waals surface area (Å²) in [5.74, 6) is 1.02. The predicted octanol–water partition coefficient (Wildman–Crippen LogP) is 3.67. The zero-order valence-electron chi connectivity index (χ0n) is 12.3. The molecule has 0 radical (unpaired) electrons. The second-order valence-corrected chi connectivity index (χ2v) is 5.31. The first-order valence-electron chi connectivity index (χ1n) is 7.01. The lowest BCUT2D eigenvalue weighted by Crippen LogP contribution is -2.18. The number of rotatable bonds is 5. The number of hydrogen-bond acceptors (Lipinski definition) is 3. The summed E-state index contributed by atoms with van der Waals surface area (Å²) in [6.07, 6.45) is 1.96. The minimum absolute atomic E-state index is 0.0967. The van der Waals surface area contributed by atoms with Crippen LogP contribution < -0.4 is 10.5 Å². The van der Waals surface area contributed by atoms with Crippen LogP contribution >= 0.6 is 0 Å². The Hall–Kier alpha value is -1.87. The Balaban J connectivity index is 2.18. The Morgan fingerprint density at radius 1 is 1.05 bits per heavy atom. The van der Waals surface area contributed by atoms with Gasteiger partial charge in [0.25, 0.3) is 0 Å². The number of ether oxygens (including phenoxy) is 1. The number of aromatic nitrogens is 1. The molecule has 2 unspecified atom stereocenters. The molecular formula is C17H22N2O. The van der Waals surface area contributed by atoms with Crippen molar-refractivity contribution in [1.82, 2.24) is 4.98 Å². The molecule has 2 rings (SSSR count). The molecule has 1 aromatic heterocycles. The van der Waals surface area contributed by atoms with Crippen molar-refractivity contribution in [2.24, 2.45) is 5.73 Å². The van der Waals surface area contributed by atoms with Crippen molar-refractivity contribution >= 4 is 0 Å². The highest BCUT2D eigenvalue weighted by atomic mass is 16.5. The van der Waals surface area contributed by atoms with Crippen LogP contribution in [0.2, 0.25) is 0 Å². The van der Waals surface area contributed by atoms with Crippen molar-refractivity contribution in [2.75, 3.05) is 0 Å². The van der Waals surface area contributed by atoms with Gasteiger partial charge in [0.2, 0.25) is 0 Å². The van der Waals surface area contributed by atoms with Crippen LogP contribution in [0.1, 0.15) is 44.0 Å². The standard InChI is InChI=1S/C17H22N2O/c1-12(2)20-15-8-6-7-14(11-15)17(18)13(3)16-9-4-5-10-19-16/h4-13,17H,18H2,1-3H3. The fraction of sp³-hybridized carbons (Fsp3) is 0.353. The molecule has 20 heavy (non-hydrogen) atoms. The predicted molar refractivity (Wildman–Crippen MR) is 81.8 cm³/mol. The molecule has 3 heteroatoms. The summed E-state index contributed by atoms with van der Waals surface area (Å²) < 4.78 is 5.72. The van der Waals surface area contributed by atoms with Gasteiger partial charge in [-0.25, -0.2) is 0 Å². The zero-order chi connectivity index (χ0) is 14.5. The third-order valence-corrected chi connectivity index (χ3v) is 3.31. The van der Waals surface area contributed by atoms with E-state index in [1.807, 2.05) is 56.3 Å². The molecule has 0 saturated carbocycles. The highest BCUT2D eigenvalue weighted by molar-refractivity contribution is 5.32. The molecule has 0 spiro atoms. The number of nitrogens with zero attached hydrogens (tertiary/aromatic N) is 1. The summed E-state index contributed by atoms with van der Waals surface area (Å²) in [6, 6.07) is 13.8. The third kappa shape index (κ3) is 3.58. The summed E-state index contributed by atoms with van der Waals surface area (Å²) >= 11 is 0. The van der Waals surface area contributed by atoms with Gasteiger partial charge in [-0.15, -0.1) is 0 Å². The minimum Gasteiger partial charge on any atom is -0.491 e. The van der Waals surface area contributed by atoms with Crippen LogP contribution in [0, 0.1) is 0 Å². The fourth-order valence-electron chi connectivity index (χ4n) is 2.19. The molecule has 1 aromatic carbocycles. The Kier molecular flexibility index (Phi) is 4.74. The minimum atomic E-state index is -0.0967. The van der Waals surface area contributed by atoms with Crippen LogP contribution in [-0.4, -0.2) is 11.1 Å². The van der Waals surface area contributed by atoms with Crippen LogP contribution in [0.4, 0.5) is 0 Å². The topological polar surface area (TPSA) is 48.1 Å². The van der Waals surface area contributed by atoms with Gasteiger partial charge in [0.15, 0.2) is 0 Å². The summed E-state index contributed by atoms with van der Waals surface area (Å²) in [4.78, 5) is 4.38. The first kappa shape index (κ1) is 14.5. The second kappa shape index (κ2) is 6.53. The molecular weight excluding hydrogens is 248 g/mol.